The molecule has 2 rings (SSSR count). The van der Waals surface area contributed by atoms with Crippen molar-refractivity contribution in [2.24, 2.45) is 0 Å². The van der Waals surface area contributed by atoms with Crippen LogP contribution >= 0.6 is 0 Å². The molecule has 0 atom stereocenters. The van der Waals surface area contributed by atoms with Gasteiger partial charge in [0.25, 0.3) is 0 Å². The van der Waals surface area contributed by atoms with Crippen LogP contribution in [0, 0.1) is 0 Å². The van der Waals surface area contributed by atoms with Crippen molar-refractivity contribution in [3.63, 3.8) is 0 Å². The van der Waals surface area contributed by atoms with E-state index in [9.17, 15) is 10.2 Å². The molecule has 4 nitrogen and oxygen atoms in total. The molecule has 188 valence electrons. The number of aromatic hydroxyl groups is 2. The minimum atomic E-state index is 0.330. The van der Waals surface area contributed by atoms with Gasteiger partial charge in [-0.1, -0.05) is 24.3 Å². The van der Waals surface area contributed by atoms with Gasteiger partial charge in [0.1, 0.15) is 11.5 Å². The van der Waals surface area contributed by atoms with Gasteiger partial charge < -0.3 is 10.2 Å². The predicted octanol–water partition coefficient (Wildman–Crippen LogP) is 7.29. The van der Waals surface area contributed by atoms with Gasteiger partial charge in [0, 0.05) is 48.4 Å². The summed E-state index contributed by atoms with van der Waals surface area (Å²) < 4.78 is 0. The lowest BCUT2D eigenvalue weighted by molar-refractivity contribution is 0.164. The van der Waals surface area contributed by atoms with E-state index in [0.717, 1.165) is 46.5 Å². The van der Waals surface area contributed by atoms with E-state index in [0.29, 0.717) is 35.7 Å². The van der Waals surface area contributed by atoms with Crippen molar-refractivity contribution < 1.29 is 10.2 Å². The smallest absolute Gasteiger partial charge is 0.120 e. The Hall–Kier alpha value is -2.30. The van der Waals surface area contributed by atoms with Gasteiger partial charge in [-0.25, -0.2) is 0 Å². The Kier molecular flexibility index (Phi) is 9.78. The fraction of sp³-hybridized carbons (Fsp3) is 0.533. The van der Waals surface area contributed by atoms with Gasteiger partial charge in [-0.3, -0.25) is 9.80 Å². The fourth-order valence-electron chi connectivity index (χ4n) is 4.61. The van der Waals surface area contributed by atoms with E-state index in [4.69, 9.17) is 0 Å². The van der Waals surface area contributed by atoms with Crippen LogP contribution in [0.15, 0.2) is 36.4 Å². The molecule has 0 saturated heterocycles. The molecule has 0 unspecified atom stereocenters. The van der Waals surface area contributed by atoms with Crippen molar-refractivity contribution in [3.05, 3.63) is 58.7 Å². The predicted molar refractivity (Wildman–Crippen MR) is 146 cm³/mol. The van der Waals surface area contributed by atoms with Crippen LogP contribution in [0.2, 0.25) is 0 Å². The van der Waals surface area contributed by atoms with Crippen molar-refractivity contribution >= 4 is 11.1 Å². The number of rotatable bonds is 10. The first kappa shape index (κ1) is 27.9. The Labute approximate surface area is 207 Å². The average Bonchev–Trinajstić information content (AvgIpc) is 2.75. The van der Waals surface area contributed by atoms with Gasteiger partial charge in [0.2, 0.25) is 0 Å². The lowest BCUT2D eigenvalue weighted by atomic mass is 9.95. The molecular weight excluding hydrogens is 420 g/mol. The largest absolute Gasteiger partial charge is 0.508 e. The second kappa shape index (κ2) is 11.9. The molecule has 2 aromatic carbocycles. The van der Waals surface area contributed by atoms with E-state index in [1.807, 2.05) is 24.3 Å². The molecule has 4 heteroatoms. The zero-order valence-electron chi connectivity index (χ0n) is 23.0. The van der Waals surface area contributed by atoms with Crippen molar-refractivity contribution in [2.45, 2.75) is 106 Å². The summed E-state index contributed by atoms with van der Waals surface area (Å²) in [5, 5.41) is 21.5. The lowest BCUT2D eigenvalue weighted by Gasteiger charge is -2.31. The third-order valence-electron chi connectivity index (χ3n) is 6.96. The van der Waals surface area contributed by atoms with E-state index in [1.54, 1.807) is 0 Å². The summed E-state index contributed by atoms with van der Waals surface area (Å²) >= 11 is 0. The molecule has 0 aliphatic carbocycles. The quantitative estimate of drug-likeness (QED) is 0.361. The van der Waals surface area contributed by atoms with Crippen LogP contribution in [0.5, 0.6) is 11.5 Å². The Balaban J connectivity index is 2.30. The zero-order chi connectivity index (χ0) is 25.7. The van der Waals surface area contributed by atoms with Crippen LogP contribution in [0.3, 0.4) is 0 Å². The summed E-state index contributed by atoms with van der Waals surface area (Å²) in [7, 11) is 0. The van der Waals surface area contributed by atoms with E-state index in [2.05, 4.69) is 91.2 Å². The van der Waals surface area contributed by atoms with Gasteiger partial charge in [-0.2, -0.15) is 0 Å². The molecule has 0 aliphatic heterocycles. The van der Waals surface area contributed by atoms with Crippen LogP contribution in [-0.2, 0) is 13.1 Å². The maximum absolute atomic E-state index is 10.8. The van der Waals surface area contributed by atoms with E-state index < -0.39 is 0 Å². The summed E-state index contributed by atoms with van der Waals surface area (Å²) in [5.41, 5.74) is 6.05. The van der Waals surface area contributed by atoms with Crippen LogP contribution in [0.1, 0.15) is 91.5 Å². The first-order valence-corrected chi connectivity index (χ1v) is 12.7. The SMILES string of the molecule is C/C(=C(/C)c1ccc(CN(C(C)C)C(C)C)c(O)c1)c1ccc(CN(C(C)C)C(C)C)c(O)c1. The highest BCUT2D eigenvalue weighted by Gasteiger charge is 2.18. The minimum Gasteiger partial charge on any atom is -0.508 e. The van der Waals surface area contributed by atoms with E-state index in [1.165, 1.54) is 0 Å². The summed E-state index contributed by atoms with van der Waals surface area (Å²) in [4.78, 5) is 4.74. The Morgan fingerprint density at radius 2 is 0.882 bits per heavy atom. The van der Waals surface area contributed by atoms with Crippen molar-refractivity contribution in [1.29, 1.82) is 0 Å². The molecule has 0 spiro atoms. The second-order valence-electron chi connectivity index (χ2n) is 10.7. The number of allylic oxidation sites excluding steroid dienone is 2. The molecule has 0 amide bonds. The molecule has 0 radical (unpaired) electrons. The van der Waals surface area contributed by atoms with Crippen molar-refractivity contribution in [1.82, 2.24) is 9.80 Å². The number of hydrogen-bond acceptors (Lipinski definition) is 4. The van der Waals surface area contributed by atoms with Crippen molar-refractivity contribution in [2.75, 3.05) is 0 Å². The summed E-state index contributed by atoms with van der Waals surface area (Å²) in [6, 6.07) is 13.6. The lowest BCUT2D eigenvalue weighted by Crippen LogP contribution is -2.36. The van der Waals surface area contributed by atoms with Gasteiger partial charge in [0.05, 0.1) is 0 Å². The topological polar surface area (TPSA) is 46.9 Å². The highest BCUT2D eigenvalue weighted by Crippen LogP contribution is 2.32. The first-order valence-electron chi connectivity index (χ1n) is 12.7. The standard InChI is InChI=1S/C30H46N2O2/c1-19(2)31(20(3)4)17-27-13-11-25(15-29(27)33)23(9)24(10)26-12-14-28(30(34)16-26)18-32(21(5)6)22(7)8/h11-16,19-22,33-34H,17-18H2,1-10H3/b24-23+. The molecule has 0 saturated carbocycles. The van der Waals surface area contributed by atoms with Crippen molar-refractivity contribution in [3.8, 4) is 11.5 Å². The van der Waals surface area contributed by atoms with Gasteiger partial charge in [-0.05, 0) is 104 Å². The zero-order valence-corrected chi connectivity index (χ0v) is 23.0. The van der Waals surface area contributed by atoms with E-state index >= 15 is 0 Å². The summed E-state index contributed by atoms with van der Waals surface area (Å²) in [6.45, 7) is 23.1. The maximum Gasteiger partial charge on any atom is 0.120 e. The van der Waals surface area contributed by atoms with E-state index in [-0.39, 0.29) is 0 Å². The van der Waals surface area contributed by atoms with Gasteiger partial charge in [0.15, 0.2) is 0 Å². The number of nitrogens with zero attached hydrogens (tertiary/aromatic N) is 2. The summed E-state index contributed by atoms with van der Waals surface area (Å²) in [5.74, 6) is 0.660. The Bertz CT molecular complexity index is 894. The summed E-state index contributed by atoms with van der Waals surface area (Å²) in [6.07, 6.45) is 0. The first-order chi connectivity index (χ1) is 15.8. The number of phenolic OH excluding ortho intramolecular Hbond substituents is 2. The Morgan fingerprint density at radius 1 is 0.588 bits per heavy atom. The van der Waals surface area contributed by atoms with Crippen LogP contribution in [0.4, 0.5) is 0 Å². The molecule has 34 heavy (non-hydrogen) atoms. The van der Waals surface area contributed by atoms with Crippen LogP contribution in [-0.4, -0.2) is 44.2 Å². The molecule has 0 bridgehead atoms. The monoisotopic (exact) mass is 466 g/mol. The molecule has 0 heterocycles. The van der Waals surface area contributed by atoms with Crippen LogP contribution in [0.25, 0.3) is 11.1 Å². The highest BCUT2D eigenvalue weighted by atomic mass is 16.3. The minimum absolute atomic E-state index is 0.330. The molecular formula is C30H46N2O2. The molecule has 2 aromatic rings. The normalized spacial score (nSPS) is 13.2. The number of phenols is 2. The second-order valence-corrected chi connectivity index (χ2v) is 10.7. The number of hydrogen-bond donors (Lipinski definition) is 2. The average molecular weight is 467 g/mol. The highest BCUT2D eigenvalue weighted by molar-refractivity contribution is 5.89. The molecule has 2 N–H and O–H groups in total. The van der Waals surface area contributed by atoms with Gasteiger partial charge >= 0.3 is 0 Å². The maximum atomic E-state index is 10.8. The molecule has 0 fully saturated rings. The third-order valence-corrected chi connectivity index (χ3v) is 6.96. The molecule has 0 aliphatic rings. The molecule has 0 aromatic heterocycles. The number of benzene rings is 2. The van der Waals surface area contributed by atoms with Crippen LogP contribution < -0.4 is 0 Å². The third kappa shape index (κ3) is 6.86. The fourth-order valence-corrected chi connectivity index (χ4v) is 4.61. The van der Waals surface area contributed by atoms with Gasteiger partial charge in [-0.15, -0.1) is 0 Å². The Morgan fingerprint density at radius 3 is 1.12 bits per heavy atom.